The van der Waals surface area contributed by atoms with Crippen LogP contribution in [0.25, 0.3) is 0 Å². The maximum atomic E-state index is 14.2. The lowest BCUT2D eigenvalue weighted by Crippen LogP contribution is -2.52. The molecule has 0 heterocycles. The number of carbonyl (C=O) groups excluding carboxylic acids is 2. The van der Waals surface area contributed by atoms with Crippen molar-refractivity contribution in [1.82, 2.24) is 10.2 Å². The van der Waals surface area contributed by atoms with Crippen LogP contribution in [0.4, 0.5) is 5.69 Å². The van der Waals surface area contributed by atoms with Gasteiger partial charge in [-0.2, -0.15) is 0 Å². The van der Waals surface area contributed by atoms with Crippen LogP contribution in [-0.2, 0) is 26.2 Å². The molecule has 2 amide bonds. The molecule has 0 aliphatic carbocycles. The number of nitrogens with one attached hydrogen (secondary N) is 1. The number of nitrogens with zero attached hydrogens (tertiary/aromatic N) is 2. The molecule has 4 rings (SSSR count). The van der Waals surface area contributed by atoms with Crippen molar-refractivity contribution in [3.63, 3.8) is 0 Å². The average Bonchev–Trinajstić information content (AvgIpc) is 3.06. The summed E-state index contributed by atoms with van der Waals surface area (Å²) in [6.07, 6.45) is 2.11. The van der Waals surface area contributed by atoms with Crippen molar-refractivity contribution in [3.8, 4) is 11.5 Å². The number of anilines is 1. The first-order chi connectivity index (χ1) is 21.7. The summed E-state index contributed by atoms with van der Waals surface area (Å²) in [5.74, 6) is 0.413. The largest absolute Gasteiger partial charge is 0.457 e. The van der Waals surface area contributed by atoms with Gasteiger partial charge >= 0.3 is 0 Å². The first-order valence-electron chi connectivity index (χ1n) is 15.3. The van der Waals surface area contributed by atoms with Crippen LogP contribution in [0.2, 0.25) is 0 Å². The maximum Gasteiger partial charge on any atom is 0.264 e. The van der Waals surface area contributed by atoms with Crippen molar-refractivity contribution in [2.75, 3.05) is 17.4 Å². The van der Waals surface area contributed by atoms with E-state index in [-0.39, 0.29) is 17.3 Å². The molecule has 8 nitrogen and oxygen atoms in total. The van der Waals surface area contributed by atoms with E-state index in [0.29, 0.717) is 30.2 Å². The predicted molar refractivity (Wildman–Crippen MR) is 178 cm³/mol. The van der Waals surface area contributed by atoms with Crippen LogP contribution in [0.3, 0.4) is 0 Å². The number of benzene rings is 4. The van der Waals surface area contributed by atoms with Gasteiger partial charge in [0, 0.05) is 13.1 Å². The molecule has 1 unspecified atom stereocenters. The number of hydrogen-bond donors (Lipinski definition) is 1. The number of amides is 2. The standard InChI is InChI=1S/C36H41N3O5S/c1-4-6-25-37-36(41)34(5-2)38(26-29-19-17-28(3)18-20-29)35(40)27-39(45(42,43)33-15-11-8-12-16-33)30-21-23-32(24-22-30)44-31-13-9-7-10-14-31/h7-24,34H,4-6,25-27H2,1-3H3,(H,37,41). The molecule has 0 fully saturated rings. The van der Waals surface area contributed by atoms with Crippen LogP contribution < -0.4 is 14.4 Å². The van der Waals surface area contributed by atoms with Crippen LogP contribution in [0.1, 0.15) is 44.2 Å². The van der Waals surface area contributed by atoms with Crippen molar-refractivity contribution >= 4 is 27.5 Å². The van der Waals surface area contributed by atoms with E-state index in [0.717, 1.165) is 28.3 Å². The molecule has 45 heavy (non-hydrogen) atoms. The van der Waals surface area contributed by atoms with Gasteiger partial charge in [0.15, 0.2) is 0 Å². The first-order valence-corrected chi connectivity index (χ1v) is 16.7. The topological polar surface area (TPSA) is 96.0 Å². The van der Waals surface area contributed by atoms with E-state index in [2.05, 4.69) is 5.32 Å². The summed E-state index contributed by atoms with van der Waals surface area (Å²) in [5.41, 5.74) is 2.21. The fourth-order valence-corrected chi connectivity index (χ4v) is 6.30. The lowest BCUT2D eigenvalue weighted by Gasteiger charge is -2.33. The Morgan fingerprint density at radius 3 is 2.00 bits per heavy atom. The molecular weight excluding hydrogens is 586 g/mol. The molecule has 9 heteroatoms. The normalized spacial score (nSPS) is 11.8. The Kier molecular flexibility index (Phi) is 11.8. The summed E-state index contributed by atoms with van der Waals surface area (Å²) in [6, 6.07) is 30.8. The molecule has 0 saturated carbocycles. The molecule has 0 aromatic heterocycles. The minimum atomic E-state index is -4.16. The van der Waals surface area contributed by atoms with E-state index < -0.39 is 28.5 Å². The van der Waals surface area contributed by atoms with Gasteiger partial charge in [0.25, 0.3) is 10.0 Å². The van der Waals surface area contributed by atoms with Crippen LogP contribution in [0.5, 0.6) is 11.5 Å². The van der Waals surface area contributed by atoms with Crippen molar-refractivity contribution in [2.24, 2.45) is 0 Å². The van der Waals surface area contributed by atoms with Gasteiger partial charge in [0.05, 0.1) is 10.6 Å². The molecule has 0 radical (unpaired) electrons. The minimum absolute atomic E-state index is 0.0526. The van der Waals surface area contributed by atoms with Crippen molar-refractivity contribution < 1.29 is 22.7 Å². The van der Waals surface area contributed by atoms with Crippen molar-refractivity contribution in [1.29, 1.82) is 0 Å². The van der Waals surface area contributed by atoms with Gasteiger partial charge in [0.1, 0.15) is 24.1 Å². The first kappa shape index (κ1) is 33.3. The van der Waals surface area contributed by atoms with E-state index in [1.165, 1.54) is 17.0 Å². The lowest BCUT2D eigenvalue weighted by atomic mass is 10.1. The lowest BCUT2D eigenvalue weighted by molar-refractivity contribution is -0.140. The van der Waals surface area contributed by atoms with Gasteiger partial charge in [0.2, 0.25) is 11.8 Å². The Morgan fingerprint density at radius 1 is 0.800 bits per heavy atom. The Bertz CT molecular complexity index is 1630. The molecule has 236 valence electrons. The zero-order valence-corrected chi connectivity index (χ0v) is 26.9. The summed E-state index contributed by atoms with van der Waals surface area (Å²) >= 11 is 0. The molecule has 1 atom stereocenters. The fraction of sp³-hybridized carbons (Fsp3) is 0.278. The number of ether oxygens (including phenoxy) is 1. The Labute approximate surface area is 266 Å². The Balaban J connectivity index is 1.69. The van der Waals surface area contributed by atoms with Crippen LogP contribution >= 0.6 is 0 Å². The van der Waals surface area contributed by atoms with E-state index in [4.69, 9.17) is 4.74 Å². The average molecular weight is 628 g/mol. The predicted octanol–water partition coefficient (Wildman–Crippen LogP) is 6.71. The highest BCUT2D eigenvalue weighted by molar-refractivity contribution is 7.92. The SMILES string of the molecule is CCCCNC(=O)C(CC)N(Cc1ccc(C)cc1)C(=O)CN(c1ccc(Oc2ccccc2)cc1)S(=O)(=O)c1ccccc1. The second-order valence-electron chi connectivity index (χ2n) is 10.8. The molecule has 4 aromatic rings. The number of sulfonamides is 1. The third-order valence-electron chi connectivity index (χ3n) is 7.40. The molecule has 1 N–H and O–H groups in total. The molecule has 0 bridgehead atoms. The van der Waals surface area contributed by atoms with Gasteiger partial charge in [-0.05, 0) is 73.9 Å². The van der Waals surface area contributed by atoms with Gasteiger partial charge in [-0.1, -0.05) is 86.5 Å². The maximum absolute atomic E-state index is 14.2. The van der Waals surface area contributed by atoms with E-state index in [1.807, 2.05) is 75.4 Å². The quantitative estimate of drug-likeness (QED) is 0.148. The number of unbranched alkanes of at least 4 members (excludes halogenated alkanes) is 1. The van der Waals surface area contributed by atoms with Gasteiger partial charge in [-0.25, -0.2) is 8.42 Å². The Hall–Kier alpha value is -4.63. The van der Waals surface area contributed by atoms with E-state index in [9.17, 15) is 18.0 Å². The highest BCUT2D eigenvalue weighted by atomic mass is 32.2. The molecule has 0 aliphatic heterocycles. The van der Waals surface area contributed by atoms with Gasteiger partial charge in [-0.3, -0.25) is 13.9 Å². The Morgan fingerprint density at radius 2 is 1.40 bits per heavy atom. The highest BCUT2D eigenvalue weighted by Gasteiger charge is 2.33. The number of hydrogen-bond acceptors (Lipinski definition) is 5. The van der Waals surface area contributed by atoms with Crippen LogP contribution in [0.15, 0.2) is 114 Å². The molecule has 0 spiro atoms. The van der Waals surface area contributed by atoms with Crippen molar-refractivity contribution in [3.05, 3.63) is 120 Å². The van der Waals surface area contributed by atoms with E-state index >= 15 is 0 Å². The summed E-state index contributed by atoms with van der Waals surface area (Å²) in [4.78, 5) is 29.1. The summed E-state index contributed by atoms with van der Waals surface area (Å²) in [6.45, 7) is 6.03. The minimum Gasteiger partial charge on any atom is -0.457 e. The second kappa shape index (κ2) is 15.9. The van der Waals surface area contributed by atoms with Crippen molar-refractivity contribution in [2.45, 2.75) is 57.5 Å². The van der Waals surface area contributed by atoms with Crippen LogP contribution in [-0.4, -0.2) is 44.3 Å². The van der Waals surface area contributed by atoms with E-state index in [1.54, 1.807) is 42.5 Å². The zero-order chi connectivity index (χ0) is 32.2. The fourth-order valence-electron chi connectivity index (χ4n) is 4.87. The summed E-state index contributed by atoms with van der Waals surface area (Å²) in [7, 11) is -4.16. The van der Waals surface area contributed by atoms with Gasteiger partial charge < -0.3 is 15.0 Å². The zero-order valence-electron chi connectivity index (χ0n) is 26.1. The number of rotatable bonds is 15. The summed E-state index contributed by atoms with van der Waals surface area (Å²) in [5, 5.41) is 2.95. The third kappa shape index (κ3) is 8.95. The molecule has 4 aromatic carbocycles. The number of carbonyl (C=O) groups is 2. The molecular formula is C36H41N3O5S. The summed E-state index contributed by atoms with van der Waals surface area (Å²) < 4.78 is 35.1. The molecule has 0 aliphatic rings. The smallest absolute Gasteiger partial charge is 0.264 e. The van der Waals surface area contributed by atoms with Crippen LogP contribution in [0, 0.1) is 6.92 Å². The van der Waals surface area contributed by atoms with Gasteiger partial charge in [-0.15, -0.1) is 0 Å². The number of aryl methyl sites for hydroxylation is 1. The monoisotopic (exact) mass is 627 g/mol. The molecule has 0 saturated heterocycles. The highest BCUT2D eigenvalue weighted by Crippen LogP contribution is 2.28. The second-order valence-corrected chi connectivity index (χ2v) is 12.7. The third-order valence-corrected chi connectivity index (χ3v) is 9.19. The number of para-hydroxylation sites is 1.